The van der Waals surface area contributed by atoms with Gasteiger partial charge in [-0.3, -0.25) is 0 Å². The zero-order valence-corrected chi connectivity index (χ0v) is 8.68. The summed E-state index contributed by atoms with van der Waals surface area (Å²) in [4.78, 5) is 2.96. The maximum atomic E-state index is 12.8. The summed E-state index contributed by atoms with van der Waals surface area (Å²) in [5.41, 5.74) is 1.94. The summed E-state index contributed by atoms with van der Waals surface area (Å²) in [5.74, 6) is -0.399. The largest absolute Gasteiger partial charge is 0.381 e. The maximum absolute atomic E-state index is 12.8. The highest BCUT2D eigenvalue weighted by atomic mass is 35.5. The average molecular weight is 225 g/mol. The fraction of sp³-hybridized carbons (Fsp3) is 0.0909. The topological polar surface area (TPSA) is 27.8 Å². The summed E-state index contributed by atoms with van der Waals surface area (Å²) in [7, 11) is 0. The average Bonchev–Trinajstić information content (AvgIpc) is 2.73. The molecule has 1 aromatic heterocycles. The van der Waals surface area contributed by atoms with Gasteiger partial charge in [0.1, 0.15) is 5.82 Å². The van der Waals surface area contributed by atoms with Gasteiger partial charge in [0.15, 0.2) is 0 Å². The van der Waals surface area contributed by atoms with Crippen LogP contribution in [0.1, 0.15) is 5.56 Å². The van der Waals surface area contributed by atoms with Crippen LogP contribution < -0.4 is 5.32 Å². The lowest BCUT2D eigenvalue weighted by Gasteiger charge is -2.05. The van der Waals surface area contributed by atoms with Crippen molar-refractivity contribution in [1.82, 2.24) is 4.98 Å². The normalized spacial score (nSPS) is 10.3. The molecule has 0 bridgehead atoms. The summed E-state index contributed by atoms with van der Waals surface area (Å²) in [6.07, 6.45) is 3.76. The third-order valence-corrected chi connectivity index (χ3v) is 2.37. The first kappa shape index (κ1) is 10.1. The lowest BCUT2D eigenvalue weighted by Crippen LogP contribution is -1.98. The number of halogens is 2. The van der Waals surface area contributed by atoms with Crippen LogP contribution in [0.3, 0.4) is 0 Å². The Morgan fingerprint density at radius 2 is 2.20 bits per heavy atom. The molecule has 0 aliphatic carbocycles. The van der Waals surface area contributed by atoms with Crippen LogP contribution in [-0.2, 0) is 6.54 Å². The smallest absolute Gasteiger partial charge is 0.141 e. The molecule has 0 atom stereocenters. The van der Waals surface area contributed by atoms with E-state index in [-0.39, 0.29) is 5.02 Å². The molecular weight excluding hydrogens is 215 g/mol. The zero-order chi connectivity index (χ0) is 10.7. The number of hydrogen-bond donors (Lipinski definition) is 2. The molecule has 0 spiro atoms. The second kappa shape index (κ2) is 4.36. The minimum absolute atomic E-state index is 0.133. The first-order chi connectivity index (χ1) is 7.25. The molecule has 0 radical (unpaired) electrons. The van der Waals surface area contributed by atoms with Gasteiger partial charge in [0.05, 0.1) is 5.02 Å². The number of benzene rings is 1. The van der Waals surface area contributed by atoms with Crippen molar-refractivity contribution >= 4 is 17.3 Å². The number of nitrogens with one attached hydrogen (secondary N) is 2. The number of hydrogen-bond acceptors (Lipinski definition) is 1. The van der Waals surface area contributed by atoms with Crippen LogP contribution in [0.4, 0.5) is 10.1 Å². The molecular formula is C11H10ClFN2. The van der Waals surface area contributed by atoms with Gasteiger partial charge in [-0.2, -0.15) is 0 Å². The summed E-state index contributed by atoms with van der Waals surface area (Å²) in [6, 6.07) is 6.55. The van der Waals surface area contributed by atoms with Gasteiger partial charge in [-0.25, -0.2) is 4.39 Å². The quantitative estimate of drug-likeness (QED) is 0.822. The molecule has 0 fully saturated rings. The zero-order valence-electron chi connectivity index (χ0n) is 7.93. The van der Waals surface area contributed by atoms with E-state index >= 15 is 0 Å². The lowest BCUT2D eigenvalue weighted by atomic mass is 10.3. The summed E-state index contributed by atoms with van der Waals surface area (Å²) >= 11 is 5.65. The Bertz CT molecular complexity index is 440. The van der Waals surface area contributed by atoms with Crippen molar-refractivity contribution in [1.29, 1.82) is 0 Å². The van der Waals surface area contributed by atoms with E-state index in [0.29, 0.717) is 6.54 Å². The van der Waals surface area contributed by atoms with Gasteiger partial charge in [-0.05, 0) is 29.8 Å². The van der Waals surface area contributed by atoms with Gasteiger partial charge in [0.2, 0.25) is 0 Å². The second-order valence-electron chi connectivity index (χ2n) is 3.20. The number of rotatable bonds is 3. The van der Waals surface area contributed by atoms with E-state index in [4.69, 9.17) is 11.6 Å². The second-order valence-corrected chi connectivity index (χ2v) is 3.61. The number of aromatic nitrogens is 1. The van der Waals surface area contributed by atoms with Crippen LogP contribution >= 0.6 is 11.6 Å². The molecule has 0 unspecified atom stereocenters. The van der Waals surface area contributed by atoms with Gasteiger partial charge in [-0.1, -0.05) is 11.6 Å². The first-order valence-corrected chi connectivity index (χ1v) is 4.94. The summed E-state index contributed by atoms with van der Waals surface area (Å²) in [5, 5.41) is 3.28. The minimum atomic E-state index is -0.399. The molecule has 78 valence electrons. The van der Waals surface area contributed by atoms with E-state index in [0.717, 1.165) is 11.3 Å². The molecule has 0 saturated heterocycles. The number of anilines is 1. The van der Waals surface area contributed by atoms with E-state index in [1.807, 2.05) is 18.5 Å². The lowest BCUT2D eigenvalue weighted by molar-refractivity contribution is 0.628. The standard InChI is InChI=1S/C11H10ClFN2/c12-10-5-9(1-2-11(10)13)15-7-8-3-4-14-6-8/h1-6,14-15H,7H2. The van der Waals surface area contributed by atoms with E-state index in [2.05, 4.69) is 10.3 Å². The highest BCUT2D eigenvalue weighted by molar-refractivity contribution is 6.31. The van der Waals surface area contributed by atoms with Crippen LogP contribution in [0, 0.1) is 5.82 Å². The molecule has 2 N–H and O–H groups in total. The van der Waals surface area contributed by atoms with E-state index in [1.165, 1.54) is 6.07 Å². The Kier molecular flexibility index (Phi) is 2.92. The molecule has 15 heavy (non-hydrogen) atoms. The fourth-order valence-corrected chi connectivity index (χ4v) is 1.46. The molecule has 2 aromatic rings. The number of aromatic amines is 1. The fourth-order valence-electron chi connectivity index (χ4n) is 1.28. The highest BCUT2D eigenvalue weighted by Gasteiger charge is 2.00. The minimum Gasteiger partial charge on any atom is -0.381 e. The van der Waals surface area contributed by atoms with Crippen molar-refractivity contribution in [3.05, 3.63) is 53.1 Å². The Labute approximate surface area is 92.1 Å². The van der Waals surface area contributed by atoms with Crippen molar-refractivity contribution < 1.29 is 4.39 Å². The van der Waals surface area contributed by atoms with Crippen molar-refractivity contribution in [2.24, 2.45) is 0 Å². The molecule has 4 heteroatoms. The van der Waals surface area contributed by atoms with Gasteiger partial charge in [0, 0.05) is 24.6 Å². The van der Waals surface area contributed by atoms with Crippen molar-refractivity contribution in [3.63, 3.8) is 0 Å². The predicted octanol–water partition coefficient (Wildman–Crippen LogP) is 3.42. The Balaban J connectivity index is 2.02. The van der Waals surface area contributed by atoms with Crippen LogP contribution in [0.25, 0.3) is 0 Å². The molecule has 2 rings (SSSR count). The van der Waals surface area contributed by atoms with E-state index in [1.54, 1.807) is 12.1 Å². The molecule has 1 aromatic carbocycles. The molecule has 1 heterocycles. The Hall–Kier alpha value is -1.48. The highest BCUT2D eigenvalue weighted by Crippen LogP contribution is 2.19. The van der Waals surface area contributed by atoms with Gasteiger partial charge in [-0.15, -0.1) is 0 Å². The molecule has 2 nitrogen and oxygen atoms in total. The van der Waals surface area contributed by atoms with Crippen molar-refractivity contribution in [2.45, 2.75) is 6.54 Å². The number of H-pyrrole nitrogens is 1. The predicted molar refractivity (Wildman–Crippen MR) is 59.5 cm³/mol. The van der Waals surface area contributed by atoms with E-state index < -0.39 is 5.82 Å². The van der Waals surface area contributed by atoms with Crippen molar-refractivity contribution in [2.75, 3.05) is 5.32 Å². The molecule has 0 saturated carbocycles. The SMILES string of the molecule is Fc1ccc(NCc2cc[nH]c2)cc1Cl. The van der Waals surface area contributed by atoms with Gasteiger partial charge < -0.3 is 10.3 Å². The van der Waals surface area contributed by atoms with Gasteiger partial charge >= 0.3 is 0 Å². The molecule has 0 amide bonds. The van der Waals surface area contributed by atoms with E-state index in [9.17, 15) is 4.39 Å². The molecule has 0 aliphatic heterocycles. The van der Waals surface area contributed by atoms with Crippen LogP contribution in [0.2, 0.25) is 5.02 Å². The Morgan fingerprint density at radius 1 is 1.33 bits per heavy atom. The molecule has 0 aliphatic rings. The summed E-state index contributed by atoms with van der Waals surface area (Å²) < 4.78 is 12.8. The third kappa shape index (κ3) is 2.50. The Morgan fingerprint density at radius 3 is 2.87 bits per heavy atom. The van der Waals surface area contributed by atoms with Crippen LogP contribution in [-0.4, -0.2) is 4.98 Å². The first-order valence-electron chi connectivity index (χ1n) is 4.56. The maximum Gasteiger partial charge on any atom is 0.141 e. The van der Waals surface area contributed by atoms with Crippen molar-refractivity contribution in [3.8, 4) is 0 Å². The monoisotopic (exact) mass is 224 g/mol. The third-order valence-electron chi connectivity index (χ3n) is 2.08. The summed E-state index contributed by atoms with van der Waals surface area (Å²) in [6.45, 7) is 0.686. The van der Waals surface area contributed by atoms with Crippen LogP contribution in [0.15, 0.2) is 36.7 Å². The van der Waals surface area contributed by atoms with Gasteiger partial charge in [0.25, 0.3) is 0 Å². The van der Waals surface area contributed by atoms with Crippen LogP contribution in [0.5, 0.6) is 0 Å².